The fourth-order valence-electron chi connectivity index (χ4n) is 3.54. The maximum atomic E-state index is 13.1. The molecule has 1 N–H and O–H groups in total. The Kier molecular flexibility index (Phi) is 5.66. The van der Waals surface area contributed by atoms with Crippen molar-refractivity contribution in [1.82, 2.24) is 4.57 Å². The molecule has 2 aromatic carbocycles. The van der Waals surface area contributed by atoms with Crippen molar-refractivity contribution in [2.75, 3.05) is 4.72 Å². The first-order valence-electron chi connectivity index (χ1n) is 9.46. The molecular formula is C23H26N2O3S. The molecule has 0 unspecified atom stereocenters. The first-order valence-corrected chi connectivity index (χ1v) is 10.9. The van der Waals surface area contributed by atoms with E-state index in [0.29, 0.717) is 17.1 Å². The lowest BCUT2D eigenvalue weighted by Gasteiger charge is -2.19. The SMILES string of the molecule is Cc1c(C)c(C)c(S(=O)(=O)Nc2ccc(Cn3ccccc3=O)cc2)c(C)c1C. The second-order valence-corrected chi connectivity index (χ2v) is 9.04. The molecule has 29 heavy (non-hydrogen) atoms. The van der Waals surface area contributed by atoms with Crippen LogP contribution in [0.3, 0.4) is 0 Å². The van der Waals surface area contributed by atoms with Crippen LogP contribution in [0.2, 0.25) is 0 Å². The van der Waals surface area contributed by atoms with Crippen LogP contribution in [-0.2, 0) is 16.6 Å². The molecule has 0 radical (unpaired) electrons. The Hall–Kier alpha value is -2.86. The number of sulfonamides is 1. The number of anilines is 1. The number of hydrogen-bond donors (Lipinski definition) is 1. The van der Waals surface area contributed by atoms with Gasteiger partial charge in [0.2, 0.25) is 0 Å². The molecule has 0 spiro atoms. The number of aromatic nitrogens is 1. The van der Waals surface area contributed by atoms with Gasteiger partial charge in [-0.25, -0.2) is 8.42 Å². The summed E-state index contributed by atoms with van der Waals surface area (Å²) in [6, 6.07) is 12.1. The topological polar surface area (TPSA) is 68.2 Å². The maximum Gasteiger partial charge on any atom is 0.262 e. The van der Waals surface area contributed by atoms with Gasteiger partial charge >= 0.3 is 0 Å². The fourth-order valence-corrected chi connectivity index (χ4v) is 5.20. The highest BCUT2D eigenvalue weighted by atomic mass is 32.2. The third-order valence-electron chi connectivity index (χ3n) is 5.66. The highest BCUT2D eigenvalue weighted by Gasteiger charge is 2.23. The molecule has 0 amide bonds. The Morgan fingerprint density at radius 1 is 0.793 bits per heavy atom. The summed E-state index contributed by atoms with van der Waals surface area (Å²) in [5, 5.41) is 0. The van der Waals surface area contributed by atoms with E-state index in [1.165, 1.54) is 6.07 Å². The zero-order chi connectivity index (χ0) is 21.3. The first kappa shape index (κ1) is 20.9. The van der Waals surface area contributed by atoms with Crippen molar-refractivity contribution >= 4 is 15.7 Å². The number of nitrogens with zero attached hydrogens (tertiary/aromatic N) is 1. The minimum Gasteiger partial charge on any atom is -0.311 e. The minimum absolute atomic E-state index is 0.0756. The molecule has 3 rings (SSSR count). The van der Waals surface area contributed by atoms with Crippen LogP contribution in [0.1, 0.15) is 33.4 Å². The van der Waals surface area contributed by atoms with Crippen LogP contribution in [0.5, 0.6) is 0 Å². The van der Waals surface area contributed by atoms with E-state index in [1.54, 1.807) is 35.0 Å². The summed E-state index contributed by atoms with van der Waals surface area (Å²) >= 11 is 0. The van der Waals surface area contributed by atoms with Crippen molar-refractivity contribution in [3.8, 4) is 0 Å². The quantitative estimate of drug-likeness (QED) is 0.684. The summed E-state index contributed by atoms with van der Waals surface area (Å²) in [5.41, 5.74) is 6.00. The van der Waals surface area contributed by atoms with Crippen LogP contribution in [0.4, 0.5) is 5.69 Å². The summed E-state index contributed by atoms with van der Waals surface area (Å²) in [4.78, 5) is 12.2. The molecule has 152 valence electrons. The molecule has 1 aromatic heterocycles. The van der Waals surface area contributed by atoms with Crippen molar-refractivity contribution in [2.45, 2.75) is 46.1 Å². The molecule has 0 aliphatic carbocycles. The van der Waals surface area contributed by atoms with Crippen LogP contribution in [0.25, 0.3) is 0 Å². The van der Waals surface area contributed by atoms with Crippen molar-refractivity contribution in [2.24, 2.45) is 0 Å². The highest BCUT2D eigenvalue weighted by Crippen LogP contribution is 2.30. The maximum absolute atomic E-state index is 13.1. The number of rotatable bonds is 5. The van der Waals surface area contributed by atoms with Gasteiger partial charge in [-0.2, -0.15) is 0 Å². The van der Waals surface area contributed by atoms with E-state index >= 15 is 0 Å². The molecule has 3 aromatic rings. The summed E-state index contributed by atoms with van der Waals surface area (Å²) in [7, 11) is -3.72. The largest absolute Gasteiger partial charge is 0.311 e. The molecule has 0 fully saturated rings. The molecule has 0 saturated carbocycles. The van der Waals surface area contributed by atoms with Gasteiger partial charge in [-0.15, -0.1) is 0 Å². The zero-order valence-corrected chi connectivity index (χ0v) is 18.2. The van der Waals surface area contributed by atoms with Crippen molar-refractivity contribution in [1.29, 1.82) is 0 Å². The Bertz CT molecular complexity index is 1190. The normalized spacial score (nSPS) is 11.5. The van der Waals surface area contributed by atoms with E-state index in [2.05, 4.69) is 4.72 Å². The van der Waals surface area contributed by atoms with E-state index in [9.17, 15) is 13.2 Å². The third kappa shape index (κ3) is 4.12. The van der Waals surface area contributed by atoms with Gasteiger partial charge in [0.1, 0.15) is 0 Å². The molecule has 0 aliphatic heterocycles. The Labute approximate surface area is 172 Å². The van der Waals surface area contributed by atoms with Gasteiger partial charge in [0, 0.05) is 18.0 Å². The van der Waals surface area contributed by atoms with E-state index in [-0.39, 0.29) is 5.56 Å². The average molecular weight is 411 g/mol. The predicted molar refractivity (Wildman–Crippen MR) is 117 cm³/mol. The van der Waals surface area contributed by atoms with E-state index < -0.39 is 10.0 Å². The molecule has 1 heterocycles. The van der Waals surface area contributed by atoms with Crippen LogP contribution >= 0.6 is 0 Å². The lowest BCUT2D eigenvalue weighted by atomic mass is 9.95. The molecule has 6 heteroatoms. The van der Waals surface area contributed by atoms with Gasteiger partial charge in [0.25, 0.3) is 15.6 Å². The second kappa shape index (κ2) is 7.87. The number of pyridine rings is 1. The van der Waals surface area contributed by atoms with Crippen LogP contribution < -0.4 is 10.3 Å². The molecule has 0 aliphatic rings. The van der Waals surface area contributed by atoms with Crippen LogP contribution in [-0.4, -0.2) is 13.0 Å². The highest BCUT2D eigenvalue weighted by molar-refractivity contribution is 7.92. The van der Waals surface area contributed by atoms with Crippen molar-refractivity contribution < 1.29 is 8.42 Å². The Morgan fingerprint density at radius 2 is 1.34 bits per heavy atom. The van der Waals surface area contributed by atoms with Crippen molar-refractivity contribution in [3.05, 3.63) is 92.4 Å². The lowest BCUT2D eigenvalue weighted by Crippen LogP contribution is -2.19. The molecule has 0 atom stereocenters. The smallest absolute Gasteiger partial charge is 0.262 e. The van der Waals surface area contributed by atoms with E-state index in [1.807, 2.05) is 46.8 Å². The minimum atomic E-state index is -3.72. The lowest BCUT2D eigenvalue weighted by molar-refractivity contribution is 0.599. The van der Waals surface area contributed by atoms with Gasteiger partial charge in [0.15, 0.2) is 0 Å². The molecule has 0 bridgehead atoms. The van der Waals surface area contributed by atoms with Gasteiger partial charge < -0.3 is 4.57 Å². The van der Waals surface area contributed by atoms with Gasteiger partial charge in [-0.3, -0.25) is 9.52 Å². The summed E-state index contributed by atoms with van der Waals surface area (Å²) in [6.07, 6.45) is 1.73. The van der Waals surface area contributed by atoms with E-state index in [4.69, 9.17) is 0 Å². The zero-order valence-electron chi connectivity index (χ0n) is 17.4. The second-order valence-electron chi connectivity index (χ2n) is 7.42. The van der Waals surface area contributed by atoms with Crippen LogP contribution in [0.15, 0.2) is 58.4 Å². The van der Waals surface area contributed by atoms with E-state index in [0.717, 1.165) is 33.4 Å². The molecule has 5 nitrogen and oxygen atoms in total. The number of benzene rings is 2. The van der Waals surface area contributed by atoms with Gasteiger partial charge in [-0.05, 0) is 86.2 Å². The third-order valence-corrected chi connectivity index (χ3v) is 7.31. The predicted octanol–water partition coefficient (Wildman–Crippen LogP) is 4.24. The Balaban J connectivity index is 1.89. The van der Waals surface area contributed by atoms with Crippen molar-refractivity contribution in [3.63, 3.8) is 0 Å². The molecule has 0 saturated heterocycles. The monoisotopic (exact) mass is 410 g/mol. The standard InChI is InChI=1S/C23H26N2O3S/c1-15-16(2)18(4)23(19(5)17(15)3)29(27,28)24-21-11-9-20(10-12-21)14-25-13-7-6-8-22(25)26/h6-13,24H,14H2,1-5H3. The number of nitrogens with one attached hydrogen (secondary N) is 1. The fraction of sp³-hybridized carbons (Fsp3) is 0.261. The van der Waals surface area contributed by atoms with Gasteiger partial charge in [0.05, 0.1) is 11.4 Å². The van der Waals surface area contributed by atoms with Crippen LogP contribution in [0, 0.1) is 34.6 Å². The Morgan fingerprint density at radius 3 is 1.90 bits per heavy atom. The summed E-state index contributed by atoms with van der Waals surface area (Å²) in [5.74, 6) is 0. The van der Waals surface area contributed by atoms with Gasteiger partial charge in [-0.1, -0.05) is 18.2 Å². The summed E-state index contributed by atoms with van der Waals surface area (Å²) < 4.78 is 30.5. The summed E-state index contributed by atoms with van der Waals surface area (Å²) in [6.45, 7) is 10.1. The number of hydrogen-bond acceptors (Lipinski definition) is 3. The average Bonchev–Trinajstić information content (AvgIpc) is 2.68. The molecular weight excluding hydrogens is 384 g/mol. The first-order chi connectivity index (χ1) is 13.6.